The van der Waals surface area contributed by atoms with Crippen molar-refractivity contribution in [1.29, 1.82) is 0 Å². The molecule has 1 saturated heterocycles. The molecule has 126 valence electrons. The van der Waals surface area contributed by atoms with Gasteiger partial charge in [0, 0.05) is 0 Å². The summed E-state index contributed by atoms with van der Waals surface area (Å²) in [6.07, 6.45) is 1.25. The number of nitrogens with one attached hydrogen (secondary N) is 2. The Morgan fingerprint density at radius 2 is 1.84 bits per heavy atom. The standard InChI is InChI=1S/C17H13N3O5/c21-16-14(18-17(22)19-16)8-12-6-7-13(9-15(12)20(23)24)25-10-11-4-2-1-3-5-11/h1-9H,10H2,(H2,18,19,21,22)/b14-8+. The number of amides is 3. The lowest BCUT2D eigenvalue weighted by Gasteiger charge is -2.07. The third-order valence-electron chi connectivity index (χ3n) is 3.47. The number of hydrogen-bond donors (Lipinski definition) is 2. The van der Waals surface area contributed by atoms with Crippen LogP contribution in [-0.2, 0) is 11.4 Å². The van der Waals surface area contributed by atoms with E-state index in [1.807, 2.05) is 35.6 Å². The molecule has 0 aromatic heterocycles. The molecule has 0 atom stereocenters. The Kier molecular flexibility index (Phi) is 4.42. The summed E-state index contributed by atoms with van der Waals surface area (Å²) in [4.78, 5) is 33.4. The van der Waals surface area contributed by atoms with Gasteiger partial charge in [0.05, 0.1) is 16.6 Å². The summed E-state index contributed by atoms with van der Waals surface area (Å²) in [5.41, 5.74) is 0.837. The van der Waals surface area contributed by atoms with Crippen molar-refractivity contribution in [3.05, 3.63) is 75.5 Å². The van der Waals surface area contributed by atoms with Crippen LogP contribution in [0.5, 0.6) is 5.75 Å². The highest BCUT2D eigenvalue weighted by atomic mass is 16.6. The largest absolute Gasteiger partial charge is 0.489 e. The fourth-order valence-corrected chi connectivity index (χ4v) is 2.27. The third kappa shape index (κ3) is 3.81. The molecule has 2 N–H and O–H groups in total. The molecule has 1 aliphatic heterocycles. The summed E-state index contributed by atoms with van der Waals surface area (Å²) in [7, 11) is 0. The van der Waals surface area contributed by atoms with Crippen LogP contribution in [0.2, 0.25) is 0 Å². The predicted molar refractivity (Wildman–Crippen MR) is 88.5 cm³/mol. The molecule has 0 unspecified atom stereocenters. The summed E-state index contributed by atoms with van der Waals surface area (Å²) >= 11 is 0. The van der Waals surface area contributed by atoms with Gasteiger partial charge in [-0.15, -0.1) is 0 Å². The van der Waals surface area contributed by atoms with Crippen LogP contribution in [0.4, 0.5) is 10.5 Å². The van der Waals surface area contributed by atoms with E-state index in [9.17, 15) is 19.7 Å². The highest BCUT2D eigenvalue weighted by Crippen LogP contribution is 2.27. The second-order valence-electron chi connectivity index (χ2n) is 5.22. The van der Waals surface area contributed by atoms with E-state index >= 15 is 0 Å². The van der Waals surface area contributed by atoms with Crippen LogP contribution in [0, 0.1) is 10.1 Å². The van der Waals surface area contributed by atoms with Crippen molar-refractivity contribution in [3.8, 4) is 5.75 Å². The molecular formula is C17H13N3O5. The molecular weight excluding hydrogens is 326 g/mol. The Balaban J connectivity index is 1.83. The first-order valence-corrected chi connectivity index (χ1v) is 7.32. The van der Waals surface area contributed by atoms with Gasteiger partial charge >= 0.3 is 6.03 Å². The Morgan fingerprint density at radius 3 is 2.48 bits per heavy atom. The van der Waals surface area contributed by atoms with Crippen LogP contribution in [0.1, 0.15) is 11.1 Å². The van der Waals surface area contributed by atoms with Gasteiger partial charge in [0.2, 0.25) is 0 Å². The van der Waals surface area contributed by atoms with Crippen LogP contribution < -0.4 is 15.4 Å². The first kappa shape index (κ1) is 16.2. The van der Waals surface area contributed by atoms with Crippen molar-refractivity contribution in [1.82, 2.24) is 10.6 Å². The zero-order valence-electron chi connectivity index (χ0n) is 12.9. The van der Waals surface area contributed by atoms with Crippen molar-refractivity contribution in [2.45, 2.75) is 6.61 Å². The second-order valence-corrected chi connectivity index (χ2v) is 5.22. The van der Waals surface area contributed by atoms with Gasteiger partial charge in [0.1, 0.15) is 18.1 Å². The Hall–Kier alpha value is -3.68. The van der Waals surface area contributed by atoms with E-state index in [0.717, 1.165) is 5.56 Å². The lowest BCUT2D eigenvalue weighted by atomic mass is 10.1. The number of hydrogen-bond acceptors (Lipinski definition) is 5. The number of carbonyl (C=O) groups is 2. The van der Waals surface area contributed by atoms with E-state index in [4.69, 9.17) is 4.74 Å². The monoisotopic (exact) mass is 339 g/mol. The molecule has 2 aromatic rings. The average Bonchev–Trinajstić information content (AvgIpc) is 2.92. The van der Waals surface area contributed by atoms with Gasteiger partial charge in [0.15, 0.2) is 0 Å². The predicted octanol–water partition coefficient (Wildman–Crippen LogP) is 2.35. The normalized spacial score (nSPS) is 15.0. The minimum absolute atomic E-state index is 0.0500. The molecule has 1 heterocycles. The number of nitrogens with zero attached hydrogens (tertiary/aromatic N) is 1. The minimum atomic E-state index is -0.665. The molecule has 3 amide bonds. The SMILES string of the molecule is O=C1NC(=O)/C(=C\c2ccc(OCc3ccccc3)cc2[N+](=O)[O-])N1. The second kappa shape index (κ2) is 6.83. The lowest BCUT2D eigenvalue weighted by molar-refractivity contribution is -0.385. The number of carbonyl (C=O) groups excluding carboxylic acids is 2. The fourth-order valence-electron chi connectivity index (χ4n) is 2.27. The van der Waals surface area contributed by atoms with Crippen molar-refractivity contribution in [2.24, 2.45) is 0 Å². The summed E-state index contributed by atoms with van der Waals surface area (Å²) in [6, 6.07) is 13.0. The number of nitro groups is 1. The van der Waals surface area contributed by atoms with Crippen molar-refractivity contribution in [2.75, 3.05) is 0 Å². The number of nitro benzene ring substituents is 1. The molecule has 0 bridgehead atoms. The van der Waals surface area contributed by atoms with Crippen molar-refractivity contribution >= 4 is 23.7 Å². The minimum Gasteiger partial charge on any atom is -0.489 e. The van der Waals surface area contributed by atoms with Gasteiger partial charge in [-0.3, -0.25) is 20.2 Å². The molecule has 0 radical (unpaired) electrons. The Bertz CT molecular complexity index is 877. The molecule has 0 saturated carbocycles. The zero-order chi connectivity index (χ0) is 17.8. The number of urea groups is 1. The maximum absolute atomic E-state index is 11.5. The van der Waals surface area contributed by atoms with Gasteiger partial charge in [-0.05, 0) is 23.8 Å². The van der Waals surface area contributed by atoms with Crippen LogP contribution in [0.15, 0.2) is 54.2 Å². The lowest BCUT2D eigenvalue weighted by Crippen LogP contribution is -2.22. The van der Waals surface area contributed by atoms with E-state index in [2.05, 4.69) is 5.32 Å². The van der Waals surface area contributed by atoms with Gasteiger partial charge in [-0.1, -0.05) is 30.3 Å². The molecule has 25 heavy (non-hydrogen) atoms. The van der Waals surface area contributed by atoms with Crippen LogP contribution in [0.3, 0.4) is 0 Å². The maximum Gasteiger partial charge on any atom is 0.326 e. The van der Waals surface area contributed by atoms with E-state index in [0.29, 0.717) is 5.75 Å². The Labute approximate surface area is 142 Å². The smallest absolute Gasteiger partial charge is 0.326 e. The fraction of sp³-hybridized carbons (Fsp3) is 0.0588. The first-order valence-electron chi connectivity index (χ1n) is 7.32. The molecule has 2 aromatic carbocycles. The van der Waals surface area contributed by atoms with Crippen LogP contribution >= 0.6 is 0 Å². The average molecular weight is 339 g/mol. The first-order chi connectivity index (χ1) is 12.0. The van der Waals surface area contributed by atoms with Crippen LogP contribution in [-0.4, -0.2) is 16.9 Å². The summed E-state index contributed by atoms with van der Waals surface area (Å²) < 4.78 is 5.57. The maximum atomic E-state index is 11.5. The highest BCUT2D eigenvalue weighted by Gasteiger charge is 2.24. The number of benzene rings is 2. The van der Waals surface area contributed by atoms with Gasteiger partial charge in [-0.2, -0.15) is 0 Å². The topological polar surface area (TPSA) is 111 Å². The quantitative estimate of drug-likeness (QED) is 0.376. The summed E-state index contributed by atoms with van der Waals surface area (Å²) in [5.74, 6) is -0.304. The molecule has 1 aliphatic rings. The van der Waals surface area contributed by atoms with E-state index in [-0.39, 0.29) is 23.6 Å². The molecule has 0 aliphatic carbocycles. The van der Waals surface area contributed by atoms with Crippen molar-refractivity contribution < 1.29 is 19.2 Å². The third-order valence-corrected chi connectivity index (χ3v) is 3.47. The molecule has 3 rings (SSSR count). The zero-order valence-corrected chi connectivity index (χ0v) is 12.9. The molecule has 8 nitrogen and oxygen atoms in total. The molecule has 1 fully saturated rings. The van der Waals surface area contributed by atoms with Crippen molar-refractivity contribution in [3.63, 3.8) is 0 Å². The van der Waals surface area contributed by atoms with E-state index < -0.39 is 16.9 Å². The highest BCUT2D eigenvalue weighted by molar-refractivity contribution is 6.14. The van der Waals surface area contributed by atoms with E-state index in [1.165, 1.54) is 18.2 Å². The summed E-state index contributed by atoms with van der Waals surface area (Å²) in [6.45, 7) is 0.275. The number of ether oxygens (including phenoxy) is 1. The number of rotatable bonds is 5. The molecule has 8 heteroatoms. The van der Waals surface area contributed by atoms with Gasteiger partial charge in [0.25, 0.3) is 11.6 Å². The Morgan fingerprint density at radius 1 is 1.08 bits per heavy atom. The number of imide groups is 1. The molecule has 0 spiro atoms. The van der Waals surface area contributed by atoms with E-state index in [1.54, 1.807) is 6.07 Å². The summed E-state index contributed by atoms with van der Waals surface area (Å²) in [5, 5.41) is 15.6. The van der Waals surface area contributed by atoms with Gasteiger partial charge < -0.3 is 10.1 Å². The van der Waals surface area contributed by atoms with Crippen LogP contribution in [0.25, 0.3) is 6.08 Å². The van der Waals surface area contributed by atoms with Gasteiger partial charge in [-0.25, -0.2) is 4.79 Å².